The molecule has 7 nitrogen and oxygen atoms in total. The normalized spacial score (nSPS) is 12.9. The molecular weight excluding hydrogens is 198 g/mol. The van der Waals surface area contributed by atoms with Gasteiger partial charge in [0.25, 0.3) is 0 Å². The number of pyridine rings is 1. The van der Waals surface area contributed by atoms with Crippen LogP contribution in [0.1, 0.15) is 18.0 Å². The number of aromatic nitrogens is 4. The molecule has 3 N–H and O–H groups in total. The molecule has 2 rings (SSSR count). The number of rotatable bonds is 3. The summed E-state index contributed by atoms with van der Waals surface area (Å²) in [7, 11) is 0. The highest BCUT2D eigenvalue weighted by atomic mass is 16.4. The van der Waals surface area contributed by atoms with Crippen LogP contribution in [0.4, 0.5) is 0 Å². The molecule has 7 heteroatoms. The summed E-state index contributed by atoms with van der Waals surface area (Å²) in [5.41, 5.74) is 6.85. The van der Waals surface area contributed by atoms with Gasteiger partial charge in [-0.25, -0.2) is 4.52 Å². The molecule has 0 amide bonds. The van der Waals surface area contributed by atoms with Crippen molar-refractivity contribution in [3.63, 3.8) is 0 Å². The lowest BCUT2D eigenvalue weighted by atomic mass is 10.1. The zero-order valence-corrected chi connectivity index (χ0v) is 7.74. The number of hydrogen-bond acceptors (Lipinski definition) is 5. The van der Waals surface area contributed by atoms with E-state index in [0.29, 0.717) is 11.2 Å². The topological polar surface area (TPSA) is 106 Å². The summed E-state index contributed by atoms with van der Waals surface area (Å²) in [6.07, 6.45) is 1.53. The van der Waals surface area contributed by atoms with Gasteiger partial charge in [-0.2, -0.15) is 0 Å². The summed E-state index contributed by atoms with van der Waals surface area (Å²) in [5.74, 6) is -0.947. The van der Waals surface area contributed by atoms with Crippen LogP contribution in [0.3, 0.4) is 0 Å². The standard InChI is InChI=1S/C8H9N5O2/c9-6(4-7(14)15)5-2-1-3-13-8(5)10-11-12-13/h1-3,6H,4,9H2,(H,14,15). The summed E-state index contributed by atoms with van der Waals surface area (Å²) in [5, 5.41) is 19.6. The second-order valence-electron chi connectivity index (χ2n) is 3.11. The van der Waals surface area contributed by atoms with E-state index in [2.05, 4.69) is 15.5 Å². The predicted molar refractivity (Wildman–Crippen MR) is 50.0 cm³/mol. The second-order valence-corrected chi connectivity index (χ2v) is 3.11. The number of hydrogen-bond donors (Lipinski definition) is 2. The first kappa shape index (κ1) is 9.53. The predicted octanol–water partition coefficient (Wildman–Crippen LogP) is -0.401. The first-order chi connectivity index (χ1) is 7.18. The van der Waals surface area contributed by atoms with Crippen molar-refractivity contribution in [3.05, 3.63) is 23.9 Å². The summed E-state index contributed by atoms with van der Waals surface area (Å²) < 4.78 is 1.46. The molecule has 0 aliphatic carbocycles. The van der Waals surface area contributed by atoms with E-state index in [-0.39, 0.29) is 6.42 Å². The number of carboxylic acid groups (broad SMARTS) is 1. The minimum Gasteiger partial charge on any atom is -0.481 e. The third kappa shape index (κ3) is 1.77. The van der Waals surface area contributed by atoms with Crippen LogP contribution < -0.4 is 5.73 Å². The largest absolute Gasteiger partial charge is 0.481 e. The van der Waals surface area contributed by atoms with Crippen molar-refractivity contribution in [2.45, 2.75) is 12.5 Å². The lowest BCUT2D eigenvalue weighted by Crippen LogP contribution is -2.16. The molecule has 2 heterocycles. The van der Waals surface area contributed by atoms with Crippen LogP contribution in [0.2, 0.25) is 0 Å². The molecule has 1 unspecified atom stereocenters. The number of nitrogens with two attached hydrogens (primary N) is 1. The lowest BCUT2D eigenvalue weighted by molar-refractivity contribution is -0.137. The van der Waals surface area contributed by atoms with Crippen LogP contribution in [0.15, 0.2) is 18.3 Å². The third-order valence-electron chi connectivity index (χ3n) is 2.05. The molecule has 0 aromatic carbocycles. The SMILES string of the molecule is NC(CC(=O)O)c1cccn2nnnc12. The molecule has 0 radical (unpaired) electrons. The first-order valence-electron chi connectivity index (χ1n) is 4.32. The molecule has 15 heavy (non-hydrogen) atoms. The van der Waals surface area contributed by atoms with Gasteiger partial charge in [-0.1, -0.05) is 6.07 Å². The van der Waals surface area contributed by atoms with E-state index in [1.807, 2.05) is 0 Å². The van der Waals surface area contributed by atoms with Crippen molar-refractivity contribution >= 4 is 11.6 Å². The van der Waals surface area contributed by atoms with Crippen molar-refractivity contribution in [3.8, 4) is 0 Å². The summed E-state index contributed by atoms with van der Waals surface area (Å²) in [6.45, 7) is 0. The van der Waals surface area contributed by atoms with E-state index in [9.17, 15) is 4.79 Å². The monoisotopic (exact) mass is 207 g/mol. The molecule has 2 aromatic rings. The third-order valence-corrected chi connectivity index (χ3v) is 2.05. The zero-order chi connectivity index (χ0) is 10.8. The number of fused-ring (bicyclic) bond motifs is 1. The van der Waals surface area contributed by atoms with Gasteiger partial charge in [0, 0.05) is 17.8 Å². The van der Waals surface area contributed by atoms with Crippen LogP contribution in [0, 0.1) is 0 Å². The Balaban J connectivity index is 2.42. The molecule has 0 saturated heterocycles. The Morgan fingerprint density at radius 3 is 3.20 bits per heavy atom. The van der Waals surface area contributed by atoms with Crippen molar-refractivity contribution in [2.24, 2.45) is 5.73 Å². The Morgan fingerprint density at radius 1 is 1.67 bits per heavy atom. The van der Waals surface area contributed by atoms with Gasteiger partial charge < -0.3 is 10.8 Å². The van der Waals surface area contributed by atoms with E-state index >= 15 is 0 Å². The fourth-order valence-corrected chi connectivity index (χ4v) is 1.37. The van der Waals surface area contributed by atoms with Crippen molar-refractivity contribution < 1.29 is 9.90 Å². The number of tetrazole rings is 1. The van der Waals surface area contributed by atoms with Gasteiger partial charge in [0.15, 0.2) is 5.65 Å². The van der Waals surface area contributed by atoms with Crippen LogP contribution in [0.5, 0.6) is 0 Å². The Hall–Kier alpha value is -2.02. The van der Waals surface area contributed by atoms with E-state index in [0.717, 1.165) is 0 Å². The smallest absolute Gasteiger partial charge is 0.305 e. The average molecular weight is 207 g/mol. The van der Waals surface area contributed by atoms with Crippen molar-refractivity contribution in [1.82, 2.24) is 20.0 Å². The van der Waals surface area contributed by atoms with Gasteiger partial charge in [-0.05, 0) is 16.5 Å². The van der Waals surface area contributed by atoms with E-state index in [4.69, 9.17) is 10.8 Å². The highest BCUT2D eigenvalue weighted by Gasteiger charge is 2.15. The molecule has 1 atom stereocenters. The van der Waals surface area contributed by atoms with Gasteiger partial charge in [0.1, 0.15) is 0 Å². The summed E-state index contributed by atoms with van der Waals surface area (Å²) in [6, 6.07) is 2.84. The van der Waals surface area contributed by atoms with E-state index < -0.39 is 12.0 Å². The zero-order valence-electron chi connectivity index (χ0n) is 7.74. The van der Waals surface area contributed by atoms with Crippen LogP contribution in [0.25, 0.3) is 5.65 Å². The van der Waals surface area contributed by atoms with E-state index in [1.54, 1.807) is 18.3 Å². The molecule has 0 saturated carbocycles. The number of carboxylic acids is 1. The number of aliphatic carboxylic acids is 1. The molecule has 0 aliphatic rings. The Labute approximate surface area is 84.5 Å². The molecule has 0 spiro atoms. The highest BCUT2D eigenvalue weighted by molar-refractivity contribution is 5.68. The van der Waals surface area contributed by atoms with Gasteiger partial charge in [-0.15, -0.1) is 5.10 Å². The molecule has 2 aromatic heterocycles. The van der Waals surface area contributed by atoms with Crippen LogP contribution in [-0.2, 0) is 4.79 Å². The van der Waals surface area contributed by atoms with Crippen molar-refractivity contribution in [2.75, 3.05) is 0 Å². The maximum absolute atomic E-state index is 10.5. The molecule has 78 valence electrons. The van der Waals surface area contributed by atoms with Crippen LogP contribution >= 0.6 is 0 Å². The Bertz CT molecular complexity index is 494. The summed E-state index contributed by atoms with van der Waals surface area (Å²) >= 11 is 0. The maximum atomic E-state index is 10.5. The Morgan fingerprint density at radius 2 is 2.47 bits per heavy atom. The highest BCUT2D eigenvalue weighted by Crippen LogP contribution is 2.17. The average Bonchev–Trinajstić information content (AvgIpc) is 2.63. The molecule has 0 bridgehead atoms. The van der Waals surface area contributed by atoms with Crippen LogP contribution in [-0.4, -0.2) is 31.1 Å². The number of nitrogens with zero attached hydrogens (tertiary/aromatic N) is 4. The van der Waals surface area contributed by atoms with Gasteiger partial charge in [0.05, 0.1) is 6.42 Å². The lowest BCUT2D eigenvalue weighted by Gasteiger charge is -2.08. The van der Waals surface area contributed by atoms with Gasteiger partial charge in [-0.3, -0.25) is 4.79 Å². The van der Waals surface area contributed by atoms with Gasteiger partial charge >= 0.3 is 5.97 Å². The molecule has 0 fully saturated rings. The fraction of sp³-hybridized carbons (Fsp3) is 0.250. The van der Waals surface area contributed by atoms with E-state index in [1.165, 1.54) is 4.52 Å². The fourth-order valence-electron chi connectivity index (χ4n) is 1.37. The minimum atomic E-state index is -0.947. The quantitative estimate of drug-likeness (QED) is 0.709. The number of carbonyl (C=O) groups is 1. The minimum absolute atomic E-state index is 0.146. The maximum Gasteiger partial charge on any atom is 0.305 e. The molecule has 0 aliphatic heterocycles. The van der Waals surface area contributed by atoms with Crippen molar-refractivity contribution in [1.29, 1.82) is 0 Å². The summed E-state index contributed by atoms with van der Waals surface area (Å²) in [4.78, 5) is 10.5. The van der Waals surface area contributed by atoms with Gasteiger partial charge in [0.2, 0.25) is 0 Å². The molecular formula is C8H9N5O2. The Kier molecular flexibility index (Phi) is 2.30. The second kappa shape index (κ2) is 3.62. The first-order valence-corrected chi connectivity index (χ1v) is 4.32.